The minimum absolute atomic E-state index is 0.00445. The number of hydrogen-bond donors (Lipinski definition) is 3. The summed E-state index contributed by atoms with van der Waals surface area (Å²) >= 11 is 0. The Hall–Kier alpha value is -4.89. The molecule has 9 heteroatoms. The Labute approximate surface area is 236 Å². The number of ketones is 1. The van der Waals surface area contributed by atoms with Gasteiger partial charge >= 0.3 is 0 Å². The Bertz CT molecular complexity index is 1580. The molecule has 3 atom stereocenters. The topological polar surface area (TPSA) is 124 Å². The van der Waals surface area contributed by atoms with Crippen LogP contribution in [0, 0.1) is 0 Å². The Kier molecular flexibility index (Phi) is 7.03. The second-order valence-electron chi connectivity index (χ2n) is 9.84. The molecule has 3 N–H and O–H groups in total. The van der Waals surface area contributed by atoms with Gasteiger partial charge < -0.3 is 39.0 Å². The molecule has 9 nitrogen and oxygen atoms in total. The van der Waals surface area contributed by atoms with Gasteiger partial charge in [-0.2, -0.15) is 0 Å². The smallest absolute Gasteiger partial charge is 0.174 e. The standard InChI is InChI=1S/C32H28O9/c1-37-27-12-20(8-9-24(27)38-17-18-5-3-2-4-6-18)32-30(16-33)40-28-11-19(7-10-25(28)41-32)26-15-23(36)31-22(35)13-21(34)14-29(31)39-26/h2-14,26,30,32-35H,15-17H2,1H3/t26?,30-,32-/m1/s1. The van der Waals surface area contributed by atoms with Gasteiger partial charge in [-0.3, -0.25) is 4.79 Å². The molecule has 0 saturated heterocycles. The minimum atomic E-state index is -0.720. The largest absolute Gasteiger partial charge is 0.508 e. The predicted octanol–water partition coefficient (Wildman–Crippen LogP) is 5.27. The van der Waals surface area contributed by atoms with Crippen molar-refractivity contribution in [3.8, 4) is 40.2 Å². The van der Waals surface area contributed by atoms with Crippen molar-refractivity contribution in [1.82, 2.24) is 0 Å². The molecule has 0 bridgehead atoms. The molecule has 2 aliphatic heterocycles. The first kappa shape index (κ1) is 26.3. The molecule has 0 fully saturated rings. The van der Waals surface area contributed by atoms with E-state index in [0.29, 0.717) is 35.2 Å². The number of carbonyl (C=O) groups is 1. The van der Waals surface area contributed by atoms with Gasteiger partial charge in [0.1, 0.15) is 35.5 Å². The van der Waals surface area contributed by atoms with Crippen LogP contribution in [0.15, 0.2) is 78.9 Å². The third-order valence-electron chi connectivity index (χ3n) is 7.13. The van der Waals surface area contributed by atoms with Gasteiger partial charge in [-0.1, -0.05) is 42.5 Å². The number of fused-ring (bicyclic) bond motifs is 2. The summed E-state index contributed by atoms with van der Waals surface area (Å²) in [5, 5.41) is 30.1. The van der Waals surface area contributed by atoms with Crippen molar-refractivity contribution >= 4 is 5.78 Å². The molecular weight excluding hydrogens is 528 g/mol. The molecule has 41 heavy (non-hydrogen) atoms. The molecule has 210 valence electrons. The number of rotatable bonds is 7. The molecule has 2 heterocycles. The predicted molar refractivity (Wildman–Crippen MR) is 147 cm³/mol. The van der Waals surface area contributed by atoms with Gasteiger partial charge in [-0.05, 0) is 35.4 Å². The summed E-state index contributed by atoms with van der Waals surface area (Å²) in [6, 6.07) is 22.9. The van der Waals surface area contributed by atoms with E-state index in [1.807, 2.05) is 36.4 Å². The maximum atomic E-state index is 12.7. The number of hydrogen-bond acceptors (Lipinski definition) is 9. The Balaban J connectivity index is 1.22. The zero-order valence-electron chi connectivity index (χ0n) is 22.2. The summed E-state index contributed by atoms with van der Waals surface area (Å²) < 4.78 is 29.9. The van der Waals surface area contributed by atoms with Crippen LogP contribution in [0.25, 0.3) is 0 Å². The molecule has 4 aromatic rings. The van der Waals surface area contributed by atoms with Gasteiger partial charge in [0, 0.05) is 17.7 Å². The van der Waals surface area contributed by atoms with E-state index in [2.05, 4.69) is 0 Å². The van der Waals surface area contributed by atoms with Gasteiger partial charge in [0.25, 0.3) is 0 Å². The highest BCUT2D eigenvalue weighted by Gasteiger charge is 2.35. The van der Waals surface area contributed by atoms with E-state index in [1.165, 1.54) is 6.07 Å². The average Bonchev–Trinajstić information content (AvgIpc) is 2.98. The summed E-state index contributed by atoms with van der Waals surface area (Å²) in [7, 11) is 1.56. The second-order valence-corrected chi connectivity index (χ2v) is 9.84. The third-order valence-corrected chi connectivity index (χ3v) is 7.13. The van der Waals surface area contributed by atoms with E-state index in [1.54, 1.807) is 37.4 Å². The fraction of sp³-hybridized carbons (Fsp3) is 0.219. The Morgan fingerprint density at radius 3 is 2.41 bits per heavy atom. The lowest BCUT2D eigenvalue weighted by Gasteiger charge is -2.34. The normalized spacial score (nSPS) is 19.2. The molecular formula is C32H28O9. The molecule has 0 aliphatic carbocycles. The van der Waals surface area contributed by atoms with E-state index >= 15 is 0 Å². The monoisotopic (exact) mass is 556 g/mol. The van der Waals surface area contributed by atoms with Crippen molar-refractivity contribution in [1.29, 1.82) is 0 Å². The second kappa shape index (κ2) is 10.9. The highest BCUT2D eigenvalue weighted by molar-refractivity contribution is 6.02. The van der Waals surface area contributed by atoms with Crippen molar-refractivity contribution in [2.75, 3.05) is 13.7 Å². The Morgan fingerprint density at radius 2 is 1.63 bits per heavy atom. The van der Waals surface area contributed by atoms with E-state index in [-0.39, 0.29) is 41.6 Å². The molecule has 1 unspecified atom stereocenters. The average molecular weight is 557 g/mol. The number of ether oxygens (including phenoxy) is 5. The number of phenols is 2. The van der Waals surface area contributed by atoms with Crippen LogP contribution in [0.3, 0.4) is 0 Å². The minimum Gasteiger partial charge on any atom is -0.508 e. The number of aliphatic hydroxyl groups excluding tert-OH is 1. The number of methoxy groups -OCH3 is 1. The number of Topliss-reactive ketones (excluding diaryl/α,β-unsaturated/α-hetero) is 1. The number of aliphatic hydroxyl groups is 1. The van der Waals surface area contributed by atoms with Gasteiger partial charge in [0.05, 0.1) is 20.1 Å². The highest BCUT2D eigenvalue weighted by atomic mass is 16.6. The van der Waals surface area contributed by atoms with Gasteiger partial charge in [0.15, 0.2) is 41.0 Å². The lowest BCUT2D eigenvalue weighted by molar-refractivity contribution is -0.0126. The summed E-state index contributed by atoms with van der Waals surface area (Å²) in [6.07, 6.45) is -2.01. The number of carbonyl (C=O) groups excluding carboxylic acids is 1. The fourth-order valence-corrected chi connectivity index (χ4v) is 5.09. The first-order valence-corrected chi connectivity index (χ1v) is 13.1. The van der Waals surface area contributed by atoms with Crippen LogP contribution in [0.5, 0.6) is 40.2 Å². The SMILES string of the molecule is COc1cc([C@H]2Oc3ccc(C4CC(=O)c5c(O)cc(O)cc5O4)cc3O[C@@H]2CO)ccc1OCc1ccccc1. The van der Waals surface area contributed by atoms with Crippen molar-refractivity contribution < 1.29 is 43.8 Å². The van der Waals surface area contributed by atoms with Crippen LogP contribution in [-0.4, -0.2) is 40.9 Å². The van der Waals surface area contributed by atoms with Crippen LogP contribution in [0.4, 0.5) is 0 Å². The number of benzene rings is 4. The zero-order chi connectivity index (χ0) is 28.5. The molecule has 4 aromatic carbocycles. The molecule has 2 aliphatic rings. The van der Waals surface area contributed by atoms with Crippen molar-refractivity contribution in [2.24, 2.45) is 0 Å². The molecule has 0 radical (unpaired) electrons. The first-order chi connectivity index (χ1) is 19.9. The summed E-state index contributed by atoms with van der Waals surface area (Å²) in [6.45, 7) is 0.0754. The quantitative estimate of drug-likeness (QED) is 0.279. The summed E-state index contributed by atoms with van der Waals surface area (Å²) in [5.41, 5.74) is 2.46. The zero-order valence-corrected chi connectivity index (χ0v) is 22.2. The maximum absolute atomic E-state index is 12.7. The molecule has 6 rings (SSSR count). The van der Waals surface area contributed by atoms with Crippen LogP contribution in [0.2, 0.25) is 0 Å². The molecule has 0 saturated carbocycles. The van der Waals surface area contributed by atoms with E-state index in [0.717, 1.165) is 17.2 Å². The van der Waals surface area contributed by atoms with E-state index in [9.17, 15) is 20.1 Å². The van der Waals surface area contributed by atoms with Crippen LogP contribution in [-0.2, 0) is 6.61 Å². The van der Waals surface area contributed by atoms with Gasteiger partial charge in [-0.25, -0.2) is 0 Å². The lowest BCUT2D eigenvalue weighted by Crippen LogP contribution is -2.36. The highest BCUT2D eigenvalue weighted by Crippen LogP contribution is 2.45. The van der Waals surface area contributed by atoms with Crippen LogP contribution < -0.4 is 23.7 Å². The van der Waals surface area contributed by atoms with Gasteiger partial charge in [0.2, 0.25) is 0 Å². The lowest BCUT2D eigenvalue weighted by atomic mass is 9.95. The van der Waals surface area contributed by atoms with Crippen molar-refractivity contribution in [3.05, 3.63) is 101 Å². The van der Waals surface area contributed by atoms with E-state index < -0.39 is 18.3 Å². The molecule has 0 amide bonds. The third kappa shape index (κ3) is 5.19. The first-order valence-electron chi connectivity index (χ1n) is 13.1. The molecule has 0 aromatic heterocycles. The van der Waals surface area contributed by atoms with E-state index in [4.69, 9.17) is 23.7 Å². The number of phenolic OH excluding ortho intramolecular Hbond substituents is 2. The van der Waals surface area contributed by atoms with Crippen LogP contribution in [0.1, 0.15) is 45.7 Å². The van der Waals surface area contributed by atoms with Crippen molar-refractivity contribution in [2.45, 2.75) is 31.3 Å². The maximum Gasteiger partial charge on any atom is 0.174 e. The summed E-state index contributed by atoms with van der Waals surface area (Å²) in [5.74, 6) is 1.23. The van der Waals surface area contributed by atoms with Crippen molar-refractivity contribution in [3.63, 3.8) is 0 Å². The Morgan fingerprint density at radius 1 is 0.829 bits per heavy atom. The van der Waals surface area contributed by atoms with Gasteiger partial charge in [-0.15, -0.1) is 0 Å². The summed E-state index contributed by atoms with van der Waals surface area (Å²) in [4.78, 5) is 12.7. The fourth-order valence-electron chi connectivity index (χ4n) is 5.09. The molecule has 0 spiro atoms. The number of aromatic hydroxyl groups is 2. The van der Waals surface area contributed by atoms with Crippen LogP contribution >= 0.6 is 0 Å².